The summed E-state index contributed by atoms with van der Waals surface area (Å²) in [6.45, 7) is 3.04. The molecule has 1 saturated carbocycles. The molecular weight excluding hydrogens is 281 g/mol. The summed E-state index contributed by atoms with van der Waals surface area (Å²) >= 11 is 12.3. The molecule has 0 aromatic heterocycles. The third kappa shape index (κ3) is 2.72. The molecular formula is C15H19Cl2NO. The molecule has 3 unspecified atom stereocenters. The van der Waals surface area contributed by atoms with Gasteiger partial charge in [-0.25, -0.2) is 0 Å². The summed E-state index contributed by atoms with van der Waals surface area (Å²) in [5.74, 6) is 1.56. The van der Waals surface area contributed by atoms with Gasteiger partial charge in [-0.05, 0) is 30.9 Å². The number of rotatable bonds is 2. The average molecular weight is 300 g/mol. The molecule has 1 aromatic carbocycles. The Hall–Kier alpha value is -0.440. The minimum Gasteiger partial charge on any atom is -0.492 e. The topological polar surface area (TPSA) is 21.3 Å². The molecule has 0 bridgehead atoms. The third-order valence-corrected chi connectivity index (χ3v) is 4.84. The zero-order valence-electron chi connectivity index (χ0n) is 11.1. The Labute approximate surface area is 124 Å². The van der Waals surface area contributed by atoms with E-state index in [9.17, 15) is 0 Å². The normalized spacial score (nSPS) is 29.9. The molecule has 1 fully saturated rings. The molecule has 0 saturated heterocycles. The maximum absolute atomic E-state index is 6.22. The Kier molecular flexibility index (Phi) is 3.93. The van der Waals surface area contributed by atoms with Gasteiger partial charge in [0.05, 0.1) is 11.6 Å². The fourth-order valence-corrected chi connectivity index (χ4v) is 3.81. The molecule has 1 heterocycles. The summed E-state index contributed by atoms with van der Waals surface area (Å²) in [7, 11) is 0. The van der Waals surface area contributed by atoms with E-state index in [4.69, 9.17) is 27.9 Å². The first kappa shape index (κ1) is 13.5. The van der Waals surface area contributed by atoms with Crippen LogP contribution in [0.15, 0.2) is 12.1 Å². The van der Waals surface area contributed by atoms with Crippen LogP contribution in [0.1, 0.15) is 44.2 Å². The zero-order chi connectivity index (χ0) is 13.4. The minimum absolute atomic E-state index is 0.311. The Morgan fingerprint density at radius 1 is 1.21 bits per heavy atom. The van der Waals surface area contributed by atoms with E-state index in [0.717, 1.165) is 23.7 Å². The lowest BCUT2D eigenvalue weighted by Crippen LogP contribution is -2.37. The molecule has 0 spiro atoms. The van der Waals surface area contributed by atoms with E-state index in [1.165, 1.54) is 19.3 Å². The Morgan fingerprint density at radius 3 is 2.79 bits per heavy atom. The van der Waals surface area contributed by atoms with Crippen molar-refractivity contribution in [3.63, 3.8) is 0 Å². The first-order chi connectivity index (χ1) is 9.15. The van der Waals surface area contributed by atoms with Gasteiger partial charge in [0, 0.05) is 29.1 Å². The number of halogens is 2. The van der Waals surface area contributed by atoms with Crippen LogP contribution in [-0.2, 0) is 0 Å². The molecule has 1 aliphatic carbocycles. The first-order valence-corrected chi connectivity index (χ1v) is 7.78. The van der Waals surface area contributed by atoms with Crippen molar-refractivity contribution in [3.05, 3.63) is 27.7 Å². The molecule has 0 amide bonds. The van der Waals surface area contributed by atoms with Crippen molar-refractivity contribution in [2.75, 3.05) is 6.61 Å². The van der Waals surface area contributed by atoms with Gasteiger partial charge >= 0.3 is 0 Å². The van der Waals surface area contributed by atoms with Crippen LogP contribution in [0, 0.1) is 5.92 Å². The number of hydrogen-bond donors (Lipinski definition) is 1. The summed E-state index contributed by atoms with van der Waals surface area (Å²) in [6.07, 6.45) is 4.89. The van der Waals surface area contributed by atoms with Gasteiger partial charge in [0.1, 0.15) is 5.75 Å². The second-order valence-electron chi connectivity index (χ2n) is 5.68. The highest BCUT2D eigenvalue weighted by Gasteiger charge is 2.30. The molecule has 4 heteroatoms. The maximum Gasteiger partial charge on any atom is 0.142 e. The third-order valence-electron chi connectivity index (χ3n) is 4.34. The minimum atomic E-state index is 0.311. The van der Waals surface area contributed by atoms with Gasteiger partial charge in [-0.3, -0.25) is 0 Å². The summed E-state index contributed by atoms with van der Waals surface area (Å²) in [5.41, 5.74) is 1.11. The number of benzene rings is 1. The molecule has 1 aliphatic heterocycles. The van der Waals surface area contributed by atoms with Crippen LogP contribution in [-0.4, -0.2) is 12.6 Å². The Balaban J connectivity index is 1.85. The molecule has 2 nitrogen and oxygen atoms in total. The molecule has 104 valence electrons. The van der Waals surface area contributed by atoms with Gasteiger partial charge in [-0.15, -0.1) is 0 Å². The lowest BCUT2D eigenvalue weighted by atomic mass is 9.97. The highest BCUT2D eigenvalue weighted by Crippen LogP contribution is 2.41. The lowest BCUT2D eigenvalue weighted by molar-refractivity contribution is 0.237. The molecule has 19 heavy (non-hydrogen) atoms. The summed E-state index contributed by atoms with van der Waals surface area (Å²) < 4.78 is 5.70. The molecule has 0 radical (unpaired) electrons. The van der Waals surface area contributed by atoms with Crippen molar-refractivity contribution in [1.29, 1.82) is 0 Å². The lowest BCUT2D eigenvalue weighted by Gasteiger charge is -2.31. The van der Waals surface area contributed by atoms with Crippen LogP contribution < -0.4 is 10.1 Å². The number of fused-ring (bicyclic) bond motifs is 1. The van der Waals surface area contributed by atoms with Crippen molar-refractivity contribution in [3.8, 4) is 5.75 Å². The van der Waals surface area contributed by atoms with E-state index in [1.807, 2.05) is 6.07 Å². The van der Waals surface area contributed by atoms with Crippen LogP contribution in [0.4, 0.5) is 0 Å². The predicted octanol–water partition coefficient (Wildman–Crippen LogP) is 4.60. The highest BCUT2D eigenvalue weighted by atomic mass is 35.5. The molecule has 2 aliphatic rings. The van der Waals surface area contributed by atoms with E-state index in [0.29, 0.717) is 28.7 Å². The van der Waals surface area contributed by atoms with Gasteiger partial charge in [-0.2, -0.15) is 0 Å². The van der Waals surface area contributed by atoms with Gasteiger partial charge in [0.15, 0.2) is 0 Å². The molecule has 3 atom stereocenters. The van der Waals surface area contributed by atoms with Crippen molar-refractivity contribution in [1.82, 2.24) is 5.32 Å². The molecule has 1 aromatic rings. The van der Waals surface area contributed by atoms with E-state index in [-0.39, 0.29) is 0 Å². The van der Waals surface area contributed by atoms with Gasteiger partial charge in [0.2, 0.25) is 0 Å². The number of hydrogen-bond acceptors (Lipinski definition) is 2. The summed E-state index contributed by atoms with van der Waals surface area (Å²) in [5, 5.41) is 5.08. The maximum atomic E-state index is 6.22. The molecule has 3 rings (SSSR count). The fourth-order valence-electron chi connectivity index (χ4n) is 3.25. The highest BCUT2D eigenvalue weighted by molar-refractivity contribution is 6.35. The molecule has 1 N–H and O–H groups in total. The van der Waals surface area contributed by atoms with Crippen molar-refractivity contribution < 1.29 is 4.74 Å². The standard InChI is InChI=1S/C15H19Cl2NO/c1-9-3-2-4-13(9)18-14-5-6-19-15-11(14)7-10(16)8-12(15)17/h7-9,13-14,18H,2-6H2,1H3. The average Bonchev–Trinajstić information content (AvgIpc) is 2.76. The number of nitrogens with one attached hydrogen (secondary N) is 1. The largest absolute Gasteiger partial charge is 0.492 e. The SMILES string of the molecule is CC1CCCC1NC1CCOc2c(Cl)cc(Cl)cc21. The summed E-state index contributed by atoms with van der Waals surface area (Å²) in [6, 6.07) is 4.65. The second-order valence-corrected chi connectivity index (χ2v) is 6.52. The van der Waals surface area contributed by atoms with E-state index >= 15 is 0 Å². The van der Waals surface area contributed by atoms with Crippen LogP contribution in [0.25, 0.3) is 0 Å². The van der Waals surface area contributed by atoms with Crippen LogP contribution in [0.5, 0.6) is 5.75 Å². The van der Waals surface area contributed by atoms with Crippen LogP contribution in [0.2, 0.25) is 10.0 Å². The first-order valence-electron chi connectivity index (χ1n) is 7.03. The van der Waals surface area contributed by atoms with Crippen LogP contribution >= 0.6 is 23.2 Å². The predicted molar refractivity (Wildman–Crippen MR) is 79.3 cm³/mol. The van der Waals surface area contributed by atoms with Gasteiger partial charge in [0.25, 0.3) is 0 Å². The Bertz CT molecular complexity index is 477. The van der Waals surface area contributed by atoms with Gasteiger partial charge < -0.3 is 10.1 Å². The monoisotopic (exact) mass is 299 g/mol. The summed E-state index contributed by atoms with van der Waals surface area (Å²) in [4.78, 5) is 0. The fraction of sp³-hybridized carbons (Fsp3) is 0.600. The van der Waals surface area contributed by atoms with E-state index in [1.54, 1.807) is 6.07 Å². The van der Waals surface area contributed by atoms with Gasteiger partial charge in [-0.1, -0.05) is 36.5 Å². The van der Waals surface area contributed by atoms with Crippen molar-refractivity contribution >= 4 is 23.2 Å². The Morgan fingerprint density at radius 2 is 2.05 bits per heavy atom. The number of ether oxygens (including phenoxy) is 1. The quantitative estimate of drug-likeness (QED) is 0.862. The van der Waals surface area contributed by atoms with Crippen molar-refractivity contribution in [2.45, 2.75) is 44.7 Å². The van der Waals surface area contributed by atoms with E-state index < -0.39 is 0 Å². The van der Waals surface area contributed by atoms with E-state index in [2.05, 4.69) is 12.2 Å². The van der Waals surface area contributed by atoms with Crippen LogP contribution in [0.3, 0.4) is 0 Å². The zero-order valence-corrected chi connectivity index (χ0v) is 12.6. The second kappa shape index (κ2) is 5.51. The van der Waals surface area contributed by atoms with Crippen molar-refractivity contribution in [2.24, 2.45) is 5.92 Å². The smallest absolute Gasteiger partial charge is 0.142 e.